The number of Topliss-reactive ketones (excluding diaryl/α,β-unsaturated/α-hetero) is 1. The molecule has 2 aromatic carbocycles. The Morgan fingerprint density at radius 2 is 1.85 bits per heavy atom. The lowest BCUT2D eigenvalue weighted by Crippen LogP contribution is -2.55. The molecule has 1 N–H and O–H groups in total. The summed E-state index contributed by atoms with van der Waals surface area (Å²) in [5.74, 6) is -0.461. The van der Waals surface area contributed by atoms with Crippen molar-refractivity contribution in [2.75, 3.05) is 12.4 Å². The summed E-state index contributed by atoms with van der Waals surface area (Å²) < 4.78 is 5.69. The van der Waals surface area contributed by atoms with Crippen LogP contribution >= 0.6 is 23.2 Å². The van der Waals surface area contributed by atoms with Crippen LogP contribution in [0.5, 0.6) is 0 Å². The molecule has 1 spiro atoms. The number of hydrogen-bond donors (Lipinski definition) is 1. The minimum absolute atomic E-state index is 0.0719. The van der Waals surface area contributed by atoms with Crippen molar-refractivity contribution in [3.63, 3.8) is 0 Å². The number of methoxy groups -OCH3 is 1. The van der Waals surface area contributed by atoms with E-state index < -0.39 is 11.5 Å². The van der Waals surface area contributed by atoms with Gasteiger partial charge in [0.05, 0.1) is 6.10 Å². The van der Waals surface area contributed by atoms with Crippen molar-refractivity contribution in [2.45, 2.75) is 30.3 Å². The summed E-state index contributed by atoms with van der Waals surface area (Å²) in [5, 5.41) is 4.06. The molecule has 1 fully saturated rings. The Hall–Kier alpha value is -1.88. The van der Waals surface area contributed by atoms with Crippen molar-refractivity contribution in [1.29, 1.82) is 0 Å². The fourth-order valence-corrected chi connectivity index (χ4v) is 4.80. The number of amides is 1. The van der Waals surface area contributed by atoms with E-state index in [1.165, 1.54) is 0 Å². The Balaban J connectivity index is 1.97. The number of anilines is 1. The second-order valence-electron chi connectivity index (χ2n) is 6.79. The normalized spacial score (nSPS) is 27.5. The van der Waals surface area contributed by atoms with Crippen LogP contribution in [0, 0.1) is 0 Å². The van der Waals surface area contributed by atoms with Gasteiger partial charge in [0.15, 0.2) is 0 Å². The number of benzene rings is 2. The van der Waals surface area contributed by atoms with Crippen LogP contribution in [-0.2, 0) is 19.7 Å². The first-order valence-corrected chi connectivity index (χ1v) is 9.14. The molecule has 1 aliphatic carbocycles. The van der Waals surface area contributed by atoms with E-state index in [9.17, 15) is 9.59 Å². The lowest BCUT2D eigenvalue weighted by Gasteiger charge is -2.44. The minimum Gasteiger partial charge on any atom is -0.379 e. The van der Waals surface area contributed by atoms with Gasteiger partial charge in [0.1, 0.15) is 11.2 Å². The second kappa shape index (κ2) is 6.38. The summed E-state index contributed by atoms with van der Waals surface area (Å²) in [6.45, 7) is 0. The van der Waals surface area contributed by atoms with Crippen LogP contribution in [0.25, 0.3) is 0 Å². The molecule has 1 aliphatic heterocycles. The van der Waals surface area contributed by atoms with E-state index in [4.69, 9.17) is 27.9 Å². The molecule has 26 heavy (non-hydrogen) atoms. The average molecular weight is 390 g/mol. The molecule has 3 unspecified atom stereocenters. The fraction of sp³-hybridized carbons (Fsp3) is 0.300. The summed E-state index contributed by atoms with van der Waals surface area (Å²) in [7, 11) is 1.54. The molecule has 134 valence electrons. The molecule has 4 nitrogen and oxygen atoms in total. The summed E-state index contributed by atoms with van der Waals surface area (Å²) in [6, 6.07) is 12.7. The maximum atomic E-state index is 13.3. The molecular formula is C20H17Cl2NO3. The standard InChI is InChI=1S/C20H17Cl2NO3/c1-26-18-10-14(24)9-16(11-3-2-4-12(21)7-11)20(18)15-6-5-13(22)8-17(15)23-19(20)25/h2-8,16,18H,9-10H2,1H3,(H,23,25). The average Bonchev–Trinajstić information content (AvgIpc) is 2.88. The van der Waals surface area contributed by atoms with E-state index in [2.05, 4.69) is 5.32 Å². The number of rotatable bonds is 2. The van der Waals surface area contributed by atoms with Crippen LogP contribution in [0.15, 0.2) is 42.5 Å². The van der Waals surface area contributed by atoms with Crippen molar-refractivity contribution < 1.29 is 14.3 Å². The second-order valence-corrected chi connectivity index (χ2v) is 7.66. The van der Waals surface area contributed by atoms with Crippen LogP contribution in [0.2, 0.25) is 10.0 Å². The Kier molecular flexibility index (Phi) is 4.30. The third-order valence-corrected chi connectivity index (χ3v) is 5.96. The largest absolute Gasteiger partial charge is 0.379 e. The van der Waals surface area contributed by atoms with Crippen molar-refractivity contribution in [3.8, 4) is 0 Å². The van der Waals surface area contributed by atoms with E-state index in [1.807, 2.05) is 24.3 Å². The molecule has 6 heteroatoms. The number of ether oxygens (including phenoxy) is 1. The monoisotopic (exact) mass is 389 g/mol. The third-order valence-electron chi connectivity index (χ3n) is 5.49. The van der Waals surface area contributed by atoms with Crippen LogP contribution < -0.4 is 5.32 Å². The number of ketones is 1. The van der Waals surface area contributed by atoms with Gasteiger partial charge in [-0.2, -0.15) is 0 Å². The zero-order chi connectivity index (χ0) is 18.5. The van der Waals surface area contributed by atoms with Crippen LogP contribution in [0.4, 0.5) is 5.69 Å². The molecule has 1 heterocycles. The number of nitrogens with one attached hydrogen (secondary N) is 1. The van der Waals surface area contributed by atoms with Gasteiger partial charge in [-0.3, -0.25) is 9.59 Å². The van der Waals surface area contributed by atoms with E-state index in [-0.39, 0.29) is 30.4 Å². The predicted molar refractivity (Wildman–Crippen MR) is 101 cm³/mol. The summed E-state index contributed by atoms with van der Waals surface area (Å²) >= 11 is 12.3. The zero-order valence-electron chi connectivity index (χ0n) is 14.1. The topological polar surface area (TPSA) is 55.4 Å². The molecule has 4 rings (SSSR count). The lowest BCUT2D eigenvalue weighted by molar-refractivity contribution is -0.137. The molecule has 2 aliphatic rings. The van der Waals surface area contributed by atoms with E-state index in [0.717, 1.165) is 11.1 Å². The van der Waals surface area contributed by atoms with Gasteiger partial charge < -0.3 is 10.1 Å². The highest BCUT2D eigenvalue weighted by Crippen LogP contribution is 2.55. The molecule has 1 amide bonds. The summed E-state index contributed by atoms with van der Waals surface area (Å²) in [4.78, 5) is 25.7. The van der Waals surface area contributed by atoms with Gasteiger partial charge in [0.2, 0.25) is 5.91 Å². The number of fused-ring (bicyclic) bond motifs is 2. The quantitative estimate of drug-likeness (QED) is 0.830. The molecule has 0 aromatic heterocycles. The molecule has 2 aromatic rings. The van der Waals surface area contributed by atoms with Crippen molar-refractivity contribution in [2.24, 2.45) is 0 Å². The molecule has 0 radical (unpaired) electrons. The van der Waals surface area contributed by atoms with Crippen molar-refractivity contribution >= 4 is 40.6 Å². The van der Waals surface area contributed by atoms with Gasteiger partial charge in [-0.05, 0) is 35.4 Å². The van der Waals surface area contributed by atoms with Crippen LogP contribution in [0.1, 0.15) is 29.9 Å². The van der Waals surface area contributed by atoms with Gasteiger partial charge in [0, 0.05) is 41.6 Å². The van der Waals surface area contributed by atoms with E-state index >= 15 is 0 Å². The molecule has 3 atom stereocenters. The third kappa shape index (κ3) is 2.48. The van der Waals surface area contributed by atoms with Gasteiger partial charge in [-0.25, -0.2) is 0 Å². The number of carbonyl (C=O) groups excluding carboxylic acids is 2. The highest BCUT2D eigenvalue weighted by molar-refractivity contribution is 6.31. The Bertz CT molecular complexity index is 914. The highest BCUT2D eigenvalue weighted by Gasteiger charge is 2.60. The van der Waals surface area contributed by atoms with Gasteiger partial charge in [-0.15, -0.1) is 0 Å². The van der Waals surface area contributed by atoms with Crippen molar-refractivity contribution in [3.05, 3.63) is 63.6 Å². The van der Waals surface area contributed by atoms with Crippen LogP contribution in [-0.4, -0.2) is 24.9 Å². The SMILES string of the molecule is COC1CC(=O)CC(c2cccc(Cl)c2)C12C(=O)Nc1cc(Cl)ccc12. The first-order valence-electron chi connectivity index (χ1n) is 8.38. The first-order chi connectivity index (χ1) is 12.5. The highest BCUT2D eigenvalue weighted by atomic mass is 35.5. The Morgan fingerprint density at radius 3 is 2.58 bits per heavy atom. The molecule has 0 bridgehead atoms. The smallest absolute Gasteiger partial charge is 0.238 e. The maximum absolute atomic E-state index is 13.3. The number of halogens is 2. The first kappa shape index (κ1) is 17.5. The lowest BCUT2D eigenvalue weighted by atomic mass is 9.59. The minimum atomic E-state index is -0.993. The zero-order valence-corrected chi connectivity index (χ0v) is 15.6. The molecule has 0 saturated heterocycles. The van der Waals surface area contributed by atoms with Crippen LogP contribution in [0.3, 0.4) is 0 Å². The number of carbonyl (C=O) groups is 2. The van der Waals surface area contributed by atoms with Gasteiger partial charge >= 0.3 is 0 Å². The fourth-order valence-electron chi connectivity index (χ4n) is 4.43. The Labute approximate surface area is 161 Å². The predicted octanol–water partition coefficient (Wildman–Crippen LogP) is 4.35. The summed E-state index contributed by atoms with van der Waals surface area (Å²) in [6.07, 6.45) is -0.103. The van der Waals surface area contributed by atoms with E-state index in [0.29, 0.717) is 15.7 Å². The number of hydrogen-bond acceptors (Lipinski definition) is 3. The molecular weight excluding hydrogens is 373 g/mol. The Morgan fingerprint density at radius 1 is 1.08 bits per heavy atom. The van der Waals surface area contributed by atoms with Gasteiger partial charge in [-0.1, -0.05) is 41.4 Å². The summed E-state index contributed by atoms with van der Waals surface area (Å²) in [5.41, 5.74) is 1.35. The van der Waals surface area contributed by atoms with Crippen molar-refractivity contribution in [1.82, 2.24) is 0 Å². The van der Waals surface area contributed by atoms with E-state index in [1.54, 1.807) is 25.3 Å². The van der Waals surface area contributed by atoms with Gasteiger partial charge in [0.25, 0.3) is 0 Å². The molecule has 1 saturated carbocycles. The maximum Gasteiger partial charge on any atom is 0.238 e.